The maximum Gasteiger partial charge on any atom is 0.321 e. The van der Waals surface area contributed by atoms with Crippen LogP contribution in [0.25, 0.3) is 0 Å². The topological polar surface area (TPSA) is 96.9 Å². The van der Waals surface area contributed by atoms with Gasteiger partial charge in [-0.05, 0) is 49.4 Å². The third-order valence-corrected chi connectivity index (χ3v) is 3.72. The minimum Gasteiger partial charge on any atom is -0.480 e. The van der Waals surface area contributed by atoms with Gasteiger partial charge in [-0.1, -0.05) is 18.2 Å². The number of hydrogen-bond acceptors (Lipinski definition) is 5. The first-order chi connectivity index (χ1) is 13.1. The van der Waals surface area contributed by atoms with Gasteiger partial charge in [0.15, 0.2) is 0 Å². The number of nitrogens with one attached hydrogen (secondary N) is 2. The van der Waals surface area contributed by atoms with Crippen LogP contribution in [0.1, 0.15) is 12.8 Å². The van der Waals surface area contributed by atoms with Gasteiger partial charge < -0.3 is 25.2 Å². The van der Waals surface area contributed by atoms with Crippen molar-refractivity contribution in [2.24, 2.45) is 0 Å². The molecule has 0 spiro atoms. The third kappa shape index (κ3) is 7.47. The predicted octanol–water partition coefficient (Wildman–Crippen LogP) is 2.89. The summed E-state index contributed by atoms with van der Waals surface area (Å²) in [5.41, 5.74) is 0.573. The van der Waals surface area contributed by atoms with Crippen molar-refractivity contribution in [3.05, 3.63) is 54.6 Å². The highest BCUT2D eigenvalue weighted by atomic mass is 16.5. The van der Waals surface area contributed by atoms with Crippen LogP contribution in [0.2, 0.25) is 0 Å². The minimum absolute atomic E-state index is 0.162. The molecule has 0 aliphatic rings. The zero-order valence-corrected chi connectivity index (χ0v) is 15.2. The summed E-state index contributed by atoms with van der Waals surface area (Å²) in [5, 5.41) is 14.8. The quantitative estimate of drug-likeness (QED) is 0.525. The van der Waals surface area contributed by atoms with E-state index in [4.69, 9.17) is 9.47 Å². The van der Waals surface area contributed by atoms with E-state index >= 15 is 0 Å². The molecule has 144 valence electrons. The Balaban J connectivity index is 1.84. The summed E-state index contributed by atoms with van der Waals surface area (Å²) in [4.78, 5) is 23.4. The van der Waals surface area contributed by atoms with E-state index in [-0.39, 0.29) is 12.3 Å². The average molecular weight is 372 g/mol. The van der Waals surface area contributed by atoms with Gasteiger partial charge in [0.05, 0.1) is 6.42 Å². The van der Waals surface area contributed by atoms with Crippen molar-refractivity contribution in [3.63, 3.8) is 0 Å². The van der Waals surface area contributed by atoms with E-state index in [1.807, 2.05) is 30.3 Å². The van der Waals surface area contributed by atoms with Gasteiger partial charge in [0, 0.05) is 19.4 Å². The number of carboxylic acid groups (broad SMARTS) is 1. The molecule has 0 saturated heterocycles. The molecule has 0 heterocycles. The minimum atomic E-state index is -1.06. The van der Waals surface area contributed by atoms with Gasteiger partial charge >= 0.3 is 5.97 Å². The number of carbonyl (C=O) groups is 2. The molecular weight excluding hydrogens is 348 g/mol. The number of amides is 1. The van der Waals surface area contributed by atoms with Crippen molar-refractivity contribution in [2.45, 2.75) is 18.9 Å². The molecule has 0 aliphatic carbocycles. The molecule has 2 rings (SSSR count). The Bertz CT molecular complexity index is 719. The molecule has 2 aromatic rings. The van der Waals surface area contributed by atoms with Gasteiger partial charge in [-0.2, -0.15) is 0 Å². The lowest BCUT2D eigenvalue weighted by Gasteiger charge is -2.14. The third-order valence-electron chi connectivity index (χ3n) is 3.72. The highest BCUT2D eigenvalue weighted by Gasteiger charge is 2.20. The van der Waals surface area contributed by atoms with Gasteiger partial charge in [-0.3, -0.25) is 9.59 Å². The Morgan fingerprint density at radius 3 is 2.33 bits per heavy atom. The average Bonchev–Trinajstić information content (AvgIpc) is 2.66. The zero-order valence-electron chi connectivity index (χ0n) is 15.2. The number of carboxylic acids is 1. The van der Waals surface area contributed by atoms with E-state index in [1.165, 1.54) is 0 Å². The molecule has 27 heavy (non-hydrogen) atoms. The lowest BCUT2D eigenvalue weighted by Crippen LogP contribution is -2.40. The molecule has 0 unspecified atom stereocenters. The Morgan fingerprint density at radius 2 is 1.70 bits per heavy atom. The number of anilines is 1. The highest BCUT2D eigenvalue weighted by molar-refractivity contribution is 5.94. The van der Waals surface area contributed by atoms with E-state index in [2.05, 4.69) is 10.6 Å². The van der Waals surface area contributed by atoms with Crippen molar-refractivity contribution in [1.82, 2.24) is 5.32 Å². The largest absolute Gasteiger partial charge is 0.480 e. The number of carbonyl (C=O) groups excluding carboxylic acids is 1. The van der Waals surface area contributed by atoms with Crippen molar-refractivity contribution in [3.8, 4) is 11.5 Å². The molecule has 0 aliphatic heterocycles. The molecule has 0 bridgehead atoms. The first-order valence-electron chi connectivity index (χ1n) is 8.66. The summed E-state index contributed by atoms with van der Waals surface area (Å²) >= 11 is 0. The monoisotopic (exact) mass is 372 g/mol. The fraction of sp³-hybridized carbons (Fsp3) is 0.300. The molecule has 3 N–H and O–H groups in total. The number of ether oxygens (including phenoxy) is 2. The number of methoxy groups -OCH3 is 1. The van der Waals surface area contributed by atoms with Crippen LogP contribution >= 0.6 is 0 Å². The smallest absolute Gasteiger partial charge is 0.321 e. The van der Waals surface area contributed by atoms with E-state index in [0.29, 0.717) is 31.0 Å². The summed E-state index contributed by atoms with van der Waals surface area (Å²) in [7, 11) is 1.58. The Morgan fingerprint density at radius 1 is 1.04 bits per heavy atom. The maximum absolute atomic E-state index is 12.1. The van der Waals surface area contributed by atoms with Crippen LogP contribution in [-0.4, -0.2) is 43.3 Å². The maximum atomic E-state index is 12.1. The summed E-state index contributed by atoms with van der Waals surface area (Å²) < 4.78 is 10.6. The second kappa shape index (κ2) is 10.9. The van der Waals surface area contributed by atoms with Gasteiger partial charge in [-0.25, -0.2) is 0 Å². The molecule has 2 aromatic carbocycles. The lowest BCUT2D eigenvalue weighted by molar-refractivity contribution is -0.141. The van der Waals surface area contributed by atoms with Crippen molar-refractivity contribution in [2.75, 3.05) is 25.6 Å². The fourth-order valence-electron chi connectivity index (χ4n) is 2.37. The number of para-hydroxylation sites is 1. The summed E-state index contributed by atoms with van der Waals surface area (Å²) in [6.45, 7) is 0.993. The number of hydrogen-bond donors (Lipinski definition) is 3. The summed E-state index contributed by atoms with van der Waals surface area (Å²) in [5.74, 6) is -0.0758. The molecule has 0 saturated carbocycles. The second-order valence-corrected chi connectivity index (χ2v) is 5.88. The summed E-state index contributed by atoms with van der Waals surface area (Å²) in [6.07, 6.45) is 0.509. The van der Waals surface area contributed by atoms with Crippen LogP contribution in [0.4, 0.5) is 5.69 Å². The van der Waals surface area contributed by atoms with Crippen molar-refractivity contribution >= 4 is 17.6 Å². The van der Waals surface area contributed by atoms with Crippen LogP contribution < -0.4 is 15.4 Å². The number of rotatable bonds is 11. The molecule has 7 heteroatoms. The first-order valence-corrected chi connectivity index (χ1v) is 8.66. The molecule has 1 atom stereocenters. The molecule has 1 amide bonds. The van der Waals surface area contributed by atoms with E-state index in [1.54, 1.807) is 31.4 Å². The van der Waals surface area contributed by atoms with Gasteiger partial charge in [0.2, 0.25) is 5.91 Å². The van der Waals surface area contributed by atoms with Crippen molar-refractivity contribution < 1.29 is 24.2 Å². The molecule has 0 fully saturated rings. The van der Waals surface area contributed by atoms with Crippen LogP contribution in [0.15, 0.2) is 54.6 Å². The fourth-order valence-corrected chi connectivity index (χ4v) is 2.37. The van der Waals surface area contributed by atoms with Crippen LogP contribution in [0.5, 0.6) is 11.5 Å². The van der Waals surface area contributed by atoms with Gasteiger partial charge in [0.25, 0.3) is 0 Å². The molecule has 0 aromatic heterocycles. The zero-order chi connectivity index (χ0) is 19.5. The Hall–Kier alpha value is -2.90. The highest BCUT2D eigenvalue weighted by Crippen LogP contribution is 2.22. The van der Waals surface area contributed by atoms with Gasteiger partial charge in [0.1, 0.15) is 17.5 Å². The predicted molar refractivity (Wildman–Crippen MR) is 102 cm³/mol. The van der Waals surface area contributed by atoms with Gasteiger partial charge in [-0.15, -0.1) is 0 Å². The SMILES string of the molecule is COCCCN[C@@H](CC(=O)Nc1ccc(Oc2ccccc2)cc1)C(=O)O. The van der Waals surface area contributed by atoms with Crippen molar-refractivity contribution in [1.29, 1.82) is 0 Å². The van der Waals surface area contributed by atoms with Crippen LogP contribution in [-0.2, 0) is 14.3 Å². The number of aliphatic carboxylic acids is 1. The standard InChI is InChI=1S/C20H24N2O5/c1-26-13-5-12-21-18(20(24)25)14-19(23)22-15-8-10-17(11-9-15)27-16-6-3-2-4-7-16/h2-4,6-11,18,21H,5,12-14H2,1H3,(H,22,23)(H,24,25)/t18-/m0/s1. The molecular formula is C20H24N2O5. The normalized spacial score (nSPS) is 11.6. The van der Waals surface area contributed by atoms with E-state index < -0.39 is 12.0 Å². The van der Waals surface area contributed by atoms with Crippen LogP contribution in [0.3, 0.4) is 0 Å². The van der Waals surface area contributed by atoms with E-state index in [9.17, 15) is 14.7 Å². The van der Waals surface area contributed by atoms with E-state index in [0.717, 1.165) is 5.75 Å². The Kier molecular flexibility index (Phi) is 8.28. The first kappa shape index (κ1) is 20.4. The lowest BCUT2D eigenvalue weighted by atomic mass is 10.2. The van der Waals surface area contributed by atoms with Crippen LogP contribution in [0, 0.1) is 0 Å². The number of benzene rings is 2. The molecule has 7 nitrogen and oxygen atoms in total. The Labute approximate surface area is 158 Å². The molecule has 0 radical (unpaired) electrons. The second-order valence-electron chi connectivity index (χ2n) is 5.88. The summed E-state index contributed by atoms with van der Waals surface area (Å²) in [6, 6.07) is 15.3.